The molecule has 1 unspecified atom stereocenters. The van der Waals surface area contributed by atoms with Crippen LogP contribution in [0.2, 0.25) is 0 Å². The van der Waals surface area contributed by atoms with E-state index >= 15 is 0 Å². The zero-order valence-electron chi connectivity index (χ0n) is 10.4. The predicted octanol–water partition coefficient (Wildman–Crippen LogP) is -0.973. The maximum Gasteiger partial charge on any atom is 0.332 e. The highest BCUT2D eigenvalue weighted by Gasteiger charge is 2.17. The molecule has 0 aliphatic rings. The maximum atomic E-state index is 11.6. The Balaban J connectivity index is 4.05. The quantitative estimate of drug-likeness (QED) is 0.508. The van der Waals surface area contributed by atoms with Crippen LogP contribution in [-0.2, 0) is 14.3 Å². The molecule has 0 aromatic rings. The first kappa shape index (κ1) is 16.2. The first-order chi connectivity index (χ1) is 8.42. The Hall–Kier alpha value is -1.83. The van der Waals surface area contributed by atoms with Crippen molar-refractivity contribution in [3.63, 3.8) is 0 Å². The van der Waals surface area contributed by atoms with Crippen molar-refractivity contribution in [3.8, 4) is 0 Å². The number of urea groups is 1. The fourth-order valence-electron chi connectivity index (χ4n) is 1.10. The Labute approximate surface area is 105 Å². The highest BCUT2D eigenvalue weighted by molar-refractivity contribution is 5.80. The van der Waals surface area contributed by atoms with Gasteiger partial charge in [-0.05, 0) is 6.92 Å². The number of aliphatic carboxylic acids is 1. The number of carbonyl (C=O) groups excluding carboxylic acids is 2. The van der Waals surface area contributed by atoms with Gasteiger partial charge in [-0.15, -0.1) is 0 Å². The molecule has 0 saturated heterocycles. The lowest BCUT2D eigenvalue weighted by atomic mass is 10.2. The average Bonchev–Trinajstić information content (AvgIpc) is 2.34. The van der Waals surface area contributed by atoms with Gasteiger partial charge < -0.3 is 25.2 Å². The molecule has 3 N–H and O–H groups in total. The van der Waals surface area contributed by atoms with Gasteiger partial charge in [0.15, 0.2) is 6.10 Å². The van der Waals surface area contributed by atoms with E-state index in [9.17, 15) is 14.4 Å². The lowest BCUT2D eigenvalue weighted by Gasteiger charge is -2.20. The Morgan fingerprint density at radius 1 is 1.39 bits per heavy atom. The summed E-state index contributed by atoms with van der Waals surface area (Å²) >= 11 is 0. The largest absolute Gasteiger partial charge is 0.479 e. The van der Waals surface area contributed by atoms with Crippen molar-refractivity contribution in [1.29, 1.82) is 0 Å². The van der Waals surface area contributed by atoms with Crippen LogP contribution in [0.25, 0.3) is 0 Å². The summed E-state index contributed by atoms with van der Waals surface area (Å²) in [6.45, 7) is 1.82. The van der Waals surface area contributed by atoms with Crippen molar-refractivity contribution in [2.75, 3.05) is 26.7 Å². The molecule has 0 heterocycles. The molecule has 18 heavy (non-hydrogen) atoms. The number of carboxylic acid groups (broad SMARTS) is 1. The van der Waals surface area contributed by atoms with Gasteiger partial charge in [-0.2, -0.15) is 0 Å². The molecule has 0 radical (unpaired) electrons. The van der Waals surface area contributed by atoms with Gasteiger partial charge in [0.2, 0.25) is 0 Å². The van der Waals surface area contributed by atoms with Crippen molar-refractivity contribution in [2.45, 2.75) is 19.4 Å². The maximum absolute atomic E-state index is 11.6. The van der Waals surface area contributed by atoms with E-state index in [1.807, 2.05) is 0 Å². The van der Waals surface area contributed by atoms with Crippen LogP contribution in [0, 0.1) is 0 Å². The molecule has 0 saturated carbocycles. The second-order valence-electron chi connectivity index (χ2n) is 3.46. The number of nitrogens with zero attached hydrogens (tertiary/aromatic N) is 1. The molecular formula is C10H18N2O6. The molecule has 104 valence electrons. The molecule has 0 aromatic heterocycles. The third kappa shape index (κ3) is 6.04. The molecule has 0 spiro atoms. The minimum Gasteiger partial charge on any atom is -0.479 e. The number of carbonyl (C=O) groups is 3. The van der Waals surface area contributed by atoms with Crippen LogP contribution >= 0.6 is 0 Å². The number of esters is 1. The van der Waals surface area contributed by atoms with E-state index < -0.39 is 24.1 Å². The Morgan fingerprint density at radius 2 is 2.00 bits per heavy atom. The van der Waals surface area contributed by atoms with Gasteiger partial charge in [-0.3, -0.25) is 4.79 Å². The Bertz CT molecular complexity index is 307. The highest BCUT2D eigenvalue weighted by Crippen LogP contribution is 1.93. The predicted molar refractivity (Wildman–Crippen MR) is 60.9 cm³/mol. The molecule has 8 nitrogen and oxygen atoms in total. The van der Waals surface area contributed by atoms with Crippen LogP contribution in [0.4, 0.5) is 4.79 Å². The summed E-state index contributed by atoms with van der Waals surface area (Å²) in [6.07, 6.45) is -1.61. The van der Waals surface area contributed by atoms with Gasteiger partial charge in [0, 0.05) is 19.5 Å². The van der Waals surface area contributed by atoms with E-state index in [-0.39, 0.29) is 19.5 Å². The van der Waals surface area contributed by atoms with Crippen LogP contribution < -0.4 is 5.32 Å². The van der Waals surface area contributed by atoms with Crippen LogP contribution in [0.3, 0.4) is 0 Å². The second-order valence-corrected chi connectivity index (χ2v) is 3.46. The van der Waals surface area contributed by atoms with Gasteiger partial charge >= 0.3 is 18.0 Å². The summed E-state index contributed by atoms with van der Waals surface area (Å²) < 4.78 is 4.43. The van der Waals surface area contributed by atoms with E-state index in [1.165, 1.54) is 12.0 Å². The van der Waals surface area contributed by atoms with Crippen LogP contribution in [-0.4, -0.2) is 65.9 Å². The number of aliphatic hydroxyl groups is 1. The van der Waals surface area contributed by atoms with Crippen molar-refractivity contribution in [3.05, 3.63) is 0 Å². The van der Waals surface area contributed by atoms with Crippen LogP contribution in [0.1, 0.15) is 13.3 Å². The number of rotatable bonds is 7. The number of ether oxygens (including phenoxy) is 1. The highest BCUT2D eigenvalue weighted by atomic mass is 16.5. The second kappa shape index (κ2) is 8.29. The standard InChI is InChI=1S/C10H18N2O6/c1-3-12(6-8(14)18-2)10(17)11-5-4-7(13)9(15)16/h7,13H,3-6H2,1-2H3,(H,11,17)(H,15,16). The van der Waals surface area contributed by atoms with Gasteiger partial charge in [0.25, 0.3) is 0 Å². The molecule has 2 amide bonds. The van der Waals surface area contributed by atoms with E-state index in [0.717, 1.165) is 0 Å². The van der Waals surface area contributed by atoms with Crippen molar-refractivity contribution >= 4 is 18.0 Å². The normalized spacial score (nSPS) is 11.5. The summed E-state index contributed by atoms with van der Waals surface area (Å²) in [5.41, 5.74) is 0. The molecule has 1 atom stereocenters. The van der Waals surface area contributed by atoms with Gasteiger partial charge in [0.05, 0.1) is 7.11 Å². The lowest BCUT2D eigenvalue weighted by molar-refractivity contribution is -0.146. The number of nitrogens with one attached hydrogen (secondary N) is 1. The number of hydrogen-bond donors (Lipinski definition) is 3. The fraction of sp³-hybridized carbons (Fsp3) is 0.700. The van der Waals surface area contributed by atoms with Crippen molar-refractivity contribution in [1.82, 2.24) is 10.2 Å². The Kier molecular flexibility index (Phi) is 7.45. The Morgan fingerprint density at radius 3 is 2.44 bits per heavy atom. The van der Waals surface area contributed by atoms with Gasteiger partial charge in [-0.25, -0.2) is 9.59 Å². The molecule has 0 bridgehead atoms. The van der Waals surface area contributed by atoms with E-state index in [4.69, 9.17) is 10.2 Å². The minimum absolute atomic E-state index is 0.00394. The molecule has 0 aliphatic heterocycles. The molecule has 0 aromatic carbocycles. The van der Waals surface area contributed by atoms with Crippen LogP contribution in [0.5, 0.6) is 0 Å². The number of carboxylic acids is 1. The van der Waals surface area contributed by atoms with Crippen molar-refractivity contribution in [2.24, 2.45) is 0 Å². The van der Waals surface area contributed by atoms with E-state index in [0.29, 0.717) is 6.54 Å². The fourth-order valence-corrected chi connectivity index (χ4v) is 1.10. The minimum atomic E-state index is -1.51. The zero-order chi connectivity index (χ0) is 14.1. The van der Waals surface area contributed by atoms with E-state index in [2.05, 4.69) is 10.1 Å². The number of aliphatic hydroxyl groups excluding tert-OH is 1. The topological polar surface area (TPSA) is 116 Å². The molecular weight excluding hydrogens is 244 g/mol. The molecule has 0 fully saturated rings. The van der Waals surface area contributed by atoms with Gasteiger partial charge in [-0.1, -0.05) is 0 Å². The molecule has 0 rings (SSSR count). The smallest absolute Gasteiger partial charge is 0.332 e. The zero-order valence-corrected chi connectivity index (χ0v) is 10.4. The summed E-state index contributed by atoms with van der Waals surface area (Å²) in [7, 11) is 1.22. The van der Waals surface area contributed by atoms with Crippen molar-refractivity contribution < 1.29 is 29.3 Å². The first-order valence-corrected chi connectivity index (χ1v) is 5.42. The first-order valence-electron chi connectivity index (χ1n) is 5.42. The molecule has 0 aliphatic carbocycles. The lowest BCUT2D eigenvalue weighted by Crippen LogP contribution is -2.43. The number of likely N-dealkylation sites (N-methyl/N-ethyl adjacent to an activating group) is 1. The number of methoxy groups -OCH3 is 1. The van der Waals surface area contributed by atoms with Gasteiger partial charge in [0.1, 0.15) is 6.54 Å². The number of hydrogen-bond acceptors (Lipinski definition) is 5. The third-order valence-electron chi connectivity index (χ3n) is 2.20. The van der Waals surface area contributed by atoms with Crippen LogP contribution in [0.15, 0.2) is 0 Å². The SMILES string of the molecule is CCN(CC(=O)OC)C(=O)NCCC(O)C(=O)O. The summed E-state index contributed by atoms with van der Waals surface area (Å²) in [5.74, 6) is -1.89. The average molecular weight is 262 g/mol. The summed E-state index contributed by atoms with van der Waals surface area (Å²) in [6, 6.07) is -0.513. The molecule has 8 heteroatoms. The monoisotopic (exact) mass is 262 g/mol. The summed E-state index contributed by atoms with van der Waals surface area (Å²) in [4.78, 5) is 34.1. The van der Waals surface area contributed by atoms with E-state index in [1.54, 1.807) is 6.92 Å². The summed E-state index contributed by atoms with van der Waals surface area (Å²) in [5, 5.41) is 19.8. The third-order valence-corrected chi connectivity index (χ3v) is 2.20. The number of amides is 2.